The van der Waals surface area contributed by atoms with E-state index in [0.717, 1.165) is 19.6 Å². The fourth-order valence-corrected chi connectivity index (χ4v) is 3.35. The molecule has 3 nitrogen and oxygen atoms in total. The lowest BCUT2D eigenvalue weighted by atomic mass is 9.83. The molecule has 0 aromatic heterocycles. The van der Waals surface area contributed by atoms with E-state index in [1.165, 1.54) is 32.1 Å². The van der Waals surface area contributed by atoms with Crippen molar-refractivity contribution in [3.05, 3.63) is 0 Å². The van der Waals surface area contributed by atoms with Crippen LogP contribution in [0.1, 0.15) is 46.0 Å². The minimum Gasteiger partial charge on any atom is -0.355 e. The van der Waals surface area contributed by atoms with Crippen LogP contribution < -0.4 is 10.6 Å². The number of rotatable bonds is 4. The molecular weight excluding hydrogens is 212 g/mol. The van der Waals surface area contributed by atoms with Crippen molar-refractivity contribution in [2.45, 2.75) is 46.0 Å². The Kier molecular flexibility index (Phi) is 4.08. The second kappa shape index (κ2) is 5.38. The zero-order chi connectivity index (χ0) is 12.3. The van der Waals surface area contributed by atoms with Gasteiger partial charge in [0, 0.05) is 13.1 Å². The van der Waals surface area contributed by atoms with Crippen LogP contribution in [0, 0.1) is 17.3 Å². The SMILES string of the molecule is CCC1(CNC(=O)[C@@H]2CNC[C@H]2C)CCCC1. The fraction of sp³-hybridized carbons (Fsp3) is 0.929. The van der Waals surface area contributed by atoms with E-state index in [1.807, 2.05) is 0 Å². The van der Waals surface area contributed by atoms with Crippen LogP contribution in [0.15, 0.2) is 0 Å². The summed E-state index contributed by atoms with van der Waals surface area (Å²) in [5.74, 6) is 0.934. The molecular formula is C14H26N2O. The van der Waals surface area contributed by atoms with E-state index in [1.54, 1.807) is 0 Å². The van der Waals surface area contributed by atoms with Gasteiger partial charge >= 0.3 is 0 Å². The predicted octanol–water partition coefficient (Wildman–Crippen LogP) is 1.93. The number of hydrogen-bond acceptors (Lipinski definition) is 2. The summed E-state index contributed by atoms with van der Waals surface area (Å²) in [7, 11) is 0. The Hall–Kier alpha value is -0.570. The Bertz CT molecular complexity index is 271. The molecule has 1 amide bonds. The summed E-state index contributed by atoms with van der Waals surface area (Å²) >= 11 is 0. The topological polar surface area (TPSA) is 41.1 Å². The maximum Gasteiger partial charge on any atom is 0.224 e. The standard InChI is InChI=1S/C14H26N2O/c1-3-14(6-4-5-7-14)10-16-13(17)12-9-15-8-11(12)2/h11-12,15H,3-10H2,1-2H3,(H,16,17)/t11-,12-/m1/s1. The number of carbonyl (C=O) groups is 1. The zero-order valence-electron chi connectivity index (χ0n) is 11.2. The second-order valence-corrected chi connectivity index (χ2v) is 6.02. The van der Waals surface area contributed by atoms with Gasteiger partial charge in [-0.05, 0) is 37.1 Å². The van der Waals surface area contributed by atoms with Crippen molar-refractivity contribution in [3.63, 3.8) is 0 Å². The van der Waals surface area contributed by atoms with E-state index < -0.39 is 0 Å². The minimum absolute atomic E-state index is 0.185. The van der Waals surface area contributed by atoms with Crippen LogP contribution in [0.25, 0.3) is 0 Å². The summed E-state index contributed by atoms with van der Waals surface area (Å²) in [5, 5.41) is 6.50. The Labute approximate surface area is 105 Å². The van der Waals surface area contributed by atoms with Crippen molar-refractivity contribution in [1.82, 2.24) is 10.6 Å². The van der Waals surface area contributed by atoms with Gasteiger partial charge in [-0.2, -0.15) is 0 Å². The molecule has 17 heavy (non-hydrogen) atoms. The van der Waals surface area contributed by atoms with Gasteiger partial charge in [-0.15, -0.1) is 0 Å². The third-order valence-electron chi connectivity index (χ3n) is 4.91. The first kappa shape index (κ1) is 12.9. The smallest absolute Gasteiger partial charge is 0.224 e. The molecule has 0 bridgehead atoms. The van der Waals surface area contributed by atoms with Gasteiger partial charge in [0.15, 0.2) is 0 Å². The first-order valence-electron chi connectivity index (χ1n) is 7.15. The molecule has 3 heteroatoms. The van der Waals surface area contributed by atoms with Gasteiger partial charge in [0.1, 0.15) is 0 Å². The normalized spacial score (nSPS) is 31.6. The Balaban J connectivity index is 1.82. The van der Waals surface area contributed by atoms with E-state index in [2.05, 4.69) is 24.5 Å². The van der Waals surface area contributed by atoms with Crippen LogP contribution in [-0.4, -0.2) is 25.5 Å². The summed E-state index contributed by atoms with van der Waals surface area (Å²) in [4.78, 5) is 12.1. The van der Waals surface area contributed by atoms with Gasteiger partial charge < -0.3 is 10.6 Å². The lowest BCUT2D eigenvalue weighted by Gasteiger charge is -2.28. The van der Waals surface area contributed by atoms with Crippen LogP contribution in [0.5, 0.6) is 0 Å². The summed E-state index contributed by atoms with van der Waals surface area (Å²) in [6, 6.07) is 0. The summed E-state index contributed by atoms with van der Waals surface area (Å²) < 4.78 is 0. The van der Waals surface area contributed by atoms with Crippen LogP contribution in [-0.2, 0) is 4.79 Å². The highest BCUT2D eigenvalue weighted by Gasteiger charge is 2.34. The molecule has 0 aromatic carbocycles. The van der Waals surface area contributed by atoms with Gasteiger partial charge in [0.25, 0.3) is 0 Å². The molecule has 0 aromatic rings. The zero-order valence-corrected chi connectivity index (χ0v) is 11.2. The minimum atomic E-state index is 0.185. The maximum atomic E-state index is 12.1. The molecule has 0 radical (unpaired) electrons. The molecule has 1 saturated carbocycles. The van der Waals surface area contributed by atoms with Gasteiger partial charge in [-0.1, -0.05) is 26.7 Å². The highest BCUT2D eigenvalue weighted by atomic mass is 16.1. The van der Waals surface area contributed by atoms with Crippen molar-refractivity contribution in [1.29, 1.82) is 0 Å². The first-order valence-corrected chi connectivity index (χ1v) is 7.15. The predicted molar refractivity (Wildman–Crippen MR) is 69.7 cm³/mol. The Morgan fingerprint density at radius 1 is 1.35 bits per heavy atom. The maximum absolute atomic E-state index is 12.1. The third kappa shape index (κ3) is 2.82. The quantitative estimate of drug-likeness (QED) is 0.786. The number of carbonyl (C=O) groups excluding carboxylic acids is 1. The number of nitrogens with one attached hydrogen (secondary N) is 2. The lowest BCUT2D eigenvalue weighted by molar-refractivity contribution is -0.125. The van der Waals surface area contributed by atoms with Crippen molar-refractivity contribution in [3.8, 4) is 0 Å². The van der Waals surface area contributed by atoms with Gasteiger partial charge in [0.2, 0.25) is 5.91 Å². The lowest BCUT2D eigenvalue weighted by Crippen LogP contribution is -2.40. The first-order chi connectivity index (χ1) is 8.17. The molecule has 2 fully saturated rings. The van der Waals surface area contributed by atoms with Crippen LogP contribution >= 0.6 is 0 Å². The van der Waals surface area contributed by atoms with Crippen molar-refractivity contribution in [2.75, 3.05) is 19.6 Å². The third-order valence-corrected chi connectivity index (χ3v) is 4.91. The fourth-order valence-electron chi connectivity index (χ4n) is 3.35. The summed E-state index contributed by atoms with van der Waals surface area (Å²) in [6.07, 6.45) is 6.46. The molecule has 1 aliphatic carbocycles. The van der Waals surface area contributed by atoms with E-state index in [0.29, 0.717) is 11.3 Å². The summed E-state index contributed by atoms with van der Waals surface area (Å²) in [5.41, 5.74) is 0.408. The average Bonchev–Trinajstić information content (AvgIpc) is 2.95. The molecule has 1 heterocycles. The number of hydrogen-bond donors (Lipinski definition) is 2. The molecule has 0 unspecified atom stereocenters. The Morgan fingerprint density at radius 3 is 2.59 bits per heavy atom. The van der Waals surface area contributed by atoms with E-state index >= 15 is 0 Å². The van der Waals surface area contributed by atoms with Gasteiger partial charge in [0.05, 0.1) is 5.92 Å². The van der Waals surface area contributed by atoms with Gasteiger partial charge in [-0.3, -0.25) is 4.79 Å². The highest BCUT2D eigenvalue weighted by molar-refractivity contribution is 5.79. The van der Waals surface area contributed by atoms with Crippen LogP contribution in [0.4, 0.5) is 0 Å². The molecule has 1 aliphatic heterocycles. The molecule has 2 rings (SSSR count). The Morgan fingerprint density at radius 2 is 2.06 bits per heavy atom. The van der Waals surface area contributed by atoms with Crippen molar-refractivity contribution in [2.24, 2.45) is 17.3 Å². The largest absolute Gasteiger partial charge is 0.355 e. The van der Waals surface area contributed by atoms with Crippen LogP contribution in [0.3, 0.4) is 0 Å². The molecule has 0 spiro atoms. The van der Waals surface area contributed by atoms with Crippen LogP contribution in [0.2, 0.25) is 0 Å². The molecule has 98 valence electrons. The monoisotopic (exact) mass is 238 g/mol. The number of amides is 1. The summed E-state index contributed by atoms with van der Waals surface area (Å²) in [6.45, 7) is 7.15. The highest BCUT2D eigenvalue weighted by Crippen LogP contribution is 2.40. The molecule has 2 atom stereocenters. The average molecular weight is 238 g/mol. The molecule has 2 N–H and O–H groups in total. The van der Waals surface area contributed by atoms with E-state index in [4.69, 9.17) is 0 Å². The van der Waals surface area contributed by atoms with E-state index in [-0.39, 0.29) is 11.8 Å². The molecule has 2 aliphatic rings. The van der Waals surface area contributed by atoms with Crippen molar-refractivity contribution >= 4 is 5.91 Å². The van der Waals surface area contributed by atoms with Crippen molar-refractivity contribution < 1.29 is 4.79 Å². The molecule has 1 saturated heterocycles. The van der Waals surface area contributed by atoms with Gasteiger partial charge in [-0.25, -0.2) is 0 Å². The second-order valence-electron chi connectivity index (χ2n) is 6.02. The van der Waals surface area contributed by atoms with E-state index in [9.17, 15) is 4.79 Å².